The predicted molar refractivity (Wildman–Crippen MR) is 79.0 cm³/mol. The Morgan fingerprint density at radius 3 is 2.44 bits per heavy atom. The van der Waals surface area contributed by atoms with Crippen LogP contribution in [0, 0.1) is 0 Å². The molecule has 0 aliphatic carbocycles. The van der Waals surface area contributed by atoms with E-state index in [2.05, 4.69) is 34.2 Å². The summed E-state index contributed by atoms with van der Waals surface area (Å²) in [7, 11) is 0. The Morgan fingerprint density at radius 2 is 1.94 bits per heavy atom. The largest absolute Gasteiger partial charge is 0.378 e. The van der Waals surface area contributed by atoms with Crippen molar-refractivity contribution >= 4 is 38.9 Å². The molecule has 2 aromatic rings. The van der Waals surface area contributed by atoms with Gasteiger partial charge in [-0.1, -0.05) is 0 Å². The summed E-state index contributed by atoms with van der Waals surface area (Å²) in [5, 5.41) is 3.38. The summed E-state index contributed by atoms with van der Waals surface area (Å²) in [5.41, 5.74) is 6.69. The molecule has 18 heavy (non-hydrogen) atoms. The average Bonchev–Trinajstić information content (AvgIpc) is 2.76. The zero-order valence-corrected chi connectivity index (χ0v) is 12.2. The van der Waals surface area contributed by atoms with Crippen LogP contribution < -0.4 is 11.1 Å². The predicted octanol–water partition coefficient (Wildman–Crippen LogP) is 3.78. The van der Waals surface area contributed by atoms with Crippen molar-refractivity contribution < 1.29 is 4.79 Å². The van der Waals surface area contributed by atoms with Crippen molar-refractivity contribution in [2.75, 3.05) is 5.32 Å². The molecule has 0 saturated carbocycles. The molecule has 0 bridgehead atoms. The minimum Gasteiger partial charge on any atom is -0.378 e. The Bertz CT molecular complexity index is 550. The van der Waals surface area contributed by atoms with Gasteiger partial charge in [0.05, 0.1) is 9.83 Å². The molecule has 1 atom stereocenters. The minimum atomic E-state index is -0.406. The first-order valence-corrected chi connectivity index (χ1v) is 7.09. The molecule has 94 valence electrons. The molecule has 1 aromatic heterocycles. The lowest BCUT2D eigenvalue weighted by atomic mass is 10.2. The first kappa shape index (κ1) is 13.1. The summed E-state index contributed by atoms with van der Waals surface area (Å²) in [6.45, 7) is 2.10. The first-order valence-electron chi connectivity index (χ1n) is 5.48. The third-order valence-corrected chi connectivity index (χ3v) is 4.38. The zero-order valence-electron chi connectivity index (χ0n) is 9.81. The summed E-state index contributed by atoms with van der Waals surface area (Å²) in [6.07, 6.45) is 0. The molecule has 0 aliphatic rings. The van der Waals surface area contributed by atoms with Crippen LogP contribution in [0.15, 0.2) is 40.2 Å². The van der Waals surface area contributed by atoms with E-state index in [-0.39, 0.29) is 6.04 Å². The molecule has 1 amide bonds. The average molecular weight is 325 g/mol. The topological polar surface area (TPSA) is 55.1 Å². The van der Waals surface area contributed by atoms with Crippen LogP contribution in [0.1, 0.15) is 28.2 Å². The highest BCUT2D eigenvalue weighted by Gasteiger charge is 2.08. The fraction of sp³-hybridized carbons (Fsp3) is 0.154. The summed E-state index contributed by atoms with van der Waals surface area (Å²) in [4.78, 5) is 12.2. The minimum absolute atomic E-state index is 0.223. The second-order valence-electron chi connectivity index (χ2n) is 3.95. The van der Waals surface area contributed by atoms with E-state index in [0.717, 1.165) is 9.47 Å². The number of rotatable bonds is 4. The van der Waals surface area contributed by atoms with Crippen LogP contribution in [-0.2, 0) is 0 Å². The standard InChI is InChI=1S/C13H13BrN2OS/c1-8(11-6-7-12(14)18-11)16-10-4-2-9(3-5-10)13(15)17/h2-8,16H,1H3,(H2,15,17). The fourth-order valence-corrected chi connectivity index (χ4v) is 3.04. The normalized spacial score (nSPS) is 12.1. The number of halogens is 1. The third-order valence-electron chi connectivity index (χ3n) is 2.57. The SMILES string of the molecule is CC(Nc1ccc(C(N)=O)cc1)c1ccc(Br)s1. The van der Waals surface area contributed by atoms with Crippen molar-refractivity contribution in [3.63, 3.8) is 0 Å². The Hall–Kier alpha value is -1.33. The number of anilines is 1. The van der Waals surface area contributed by atoms with E-state index in [1.54, 1.807) is 23.5 Å². The molecule has 1 unspecified atom stereocenters. The van der Waals surface area contributed by atoms with Gasteiger partial charge >= 0.3 is 0 Å². The molecular formula is C13H13BrN2OS. The number of carbonyl (C=O) groups excluding carboxylic acids is 1. The Labute approximate surface area is 118 Å². The molecule has 0 saturated heterocycles. The summed E-state index contributed by atoms with van der Waals surface area (Å²) in [6, 6.07) is 11.5. The lowest BCUT2D eigenvalue weighted by Crippen LogP contribution is -2.11. The number of thiophene rings is 1. The number of amides is 1. The van der Waals surface area contributed by atoms with Crippen LogP contribution >= 0.6 is 27.3 Å². The van der Waals surface area contributed by atoms with Crippen LogP contribution in [0.3, 0.4) is 0 Å². The van der Waals surface area contributed by atoms with Crippen molar-refractivity contribution in [2.24, 2.45) is 5.73 Å². The van der Waals surface area contributed by atoms with Crippen LogP contribution in [0.25, 0.3) is 0 Å². The van der Waals surface area contributed by atoms with Gasteiger partial charge in [-0.15, -0.1) is 11.3 Å². The maximum atomic E-state index is 11.0. The maximum Gasteiger partial charge on any atom is 0.248 e. The van der Waals surface area contributed by atoms with Crippen LogP contribution in [0.5, 0.6) is 0 Å². The van der Waals surface area contributed by atoms with E-state index in [9.17, 15) is 4.79 Å². The van der Waals surface area contributed by atoms with E-state index >= 15 is 0 Å². The van der Waals surface area contributed by atoms with Crippen LogP contribution in [-0.4, -0.2) is 5.91 Å². The quantitative estimate of drug-likeness (QED) is 0.899. The number of benzene rings is 1. The van der Waals surface area contributed by atoms with Gasteiger partial charge in [0.1, 0.15) is 0 Å². The van der Waals surface area contributed by atoms with Gasteiger partial charge in [-0.2, -0.15) is 0 Å². The summed E-state index contributed by atoms with van der Waals surface area (Å²) in [5.74, 6) is -0.406. The maximum absolute atomic E-state index is 11.0. The van der Waals surface area contributed by atoms with Crippen LogP contribution in [0.2, 0.25) is 0 Å². The first-order chi connectivity index (χ1) is 8.56. The molecule has 0 fully saturated rings. The van der Waals surface area contributed by atoms with Crippen molar-refractivity contribution in [1.82, 2.24) is 0 Å². The number of hydrogen-bond acceptors (Lipinski definition) is 3. The Kier molecular flexibility index (Phi) is 4.04. The number of carbonyl (C=O) groups is 1. The number of hydrogen-bond donors (Lipinski definition) is 2. The monoisotopic (exact) mass is 324 g/mol. The summed E-state index contributed by atoms with van der Waals surface area (Å²) >= 11 is 5.15. The molecule has 3 N–H and O–H groups in total. The molecule has 0 aliphatic heterocycles. The van der Waals surface area contributed by atoms with Gasteiger partial charge < -0.3 is 11.1 Å². The van der Waals surface area contributed by atoms with Crippen molar-refractivity contribution in [1.29, 1.82) is 0 Å². The van der Waals surface area contributed by atoms with E-state index < -0.39 is 5.91 Å². The van der Waals surface area contributed by atoms with E-state index in [4.69, 9.17) is 5.73 Å². The van der Waals surface area contributed by atoms with E-state index in [1.165, 1.54) is 4.88 Å². The Balaban J connectivity index is 2.07. The molecule has 0 spiro atoms. The van der Waals surface area contributed by atoms with Gasteiger partial charge in [0.2, 0.25) is 5.91 Å². The highest BCUT2D eigenvalue weighted by molar-refractivity contribution is 9.11. The van der Waals surface area contributed by atoms with Gasteiger partial charge in [0.15, 0.2) is 0 Å². The number of nitrogens with two attached hydrogens (primary N) is 1. The highest BCUT2D eigenvalue weighted by Crippen LogP contribution is 2.29. The van der Waals surface area contributed by atoms with Gasteiger partial charge in [0, 0.05) is 16.1 Å². The summed E-state index contributed by atoms with van der Waals surface area (Å²) < 4.78 is 1.12. The van der Waals surface area contributed by atoms with E-state index in [1.807, 2.05) is 18.2 Å². The highest BCUT2D eigenvalue weighted by atomic mass is 79.9. The van der Waals surface area contributed by atoms with Crippen molar-refractivity contribution in [2.45, 2.75) is 13.0 Å². The zero-order chi connectivity index (χ0) is 13.1. The number of primary amides is 1. The van der Waals surface area contributed by atoms with Gasteiger partial charge in [-0.25, -0.2) is 0 Å². The van der Waals surface area contributed by atoms with Gasteiger partial charge in [-0.3, -0.25) is 4.79 Å². The molecule has 0 radical (unpaired) electrons. The molecule has 1 aromatic carbocycles. The fourth-order valence-electron chi connectivity index (χ4n) is 1.61. The van der Waals surface area contributed by atoms with E-state index in [0.29, 0.717) is 5.56 Å². The smallest absolute Gasteiger partial charge is 0.248 e. The molecular weight excluding hydrogens is 312 g/mol. The third kappa shape index (κ3) is 3.11. The van der Waals surface area contributed by atoms with Gasteiger partial charge in [-0.05, 0) is 59.3 Å². The van der Waals surface area contributed by atoms with Crippen molar-refractivity contribution in [3.05, 3.63) is 50.6 Å². The second-order valence-corrected chi connectivity index (χ2v) is 6.44. The lowest BCUT2D eigenvalue weighted by molar-refractivity contribution is 0.100. The van der Waals surface area contributed by atoms with Crippen LogP contribution in [0.4, 0.5) is 5.69 Å². The van der Waals surface area contributed by atoms with Crippen molar-refractivity contribution in [3.8, 4) is 0 Å². The molecule has 3 nitrogen and oxygen atoms in total. The second kappa shape index (κ2) is 5.54. The molecule has 2 rings (SSSR count). The van der Waals surface area contributed by atoms with Gasteiger partial charge in [0.25, 0.3) is 0 Å². The Morgan fingerprint density at radius 1 is 1.28 bits per heavy atom. The molecule has 5 heteroatoms. The lowest BCUT2D eigenvalue weighted by Gasteiger charge is -2.13. The molecule has 1 heterocycles. The number of nitrogens with one attached hydrogen (secondary N) is 1.